The van der Waals surface area contributed by atoms with Gasteiger partial charge in [-0.2, -0.15) is 8.42 Å². The van der Waals surface area contributed by atoms with Gasteiger partial charge in [-0.15, -0.1) is 0 Å². The number of sulfonamides is 1. The number of hydrogen-bond acceptors (Lipinski definition) is 4. The van der Waals surface area contributed by atoms with Gasteiger partial charge in [-0.3, -0.25) is 4.72 Å². The van der Waals surface area contributed by atoms with Crippen molar-refractivity contribution in [2.75, 3.05) is 4.72 Å². The Morgan fingerprint density at radius 3 is 2.71 bits per heavy atom. The van der Waals surface area contributed by atoms with Crippen molar-refractivity contribution in [1.82, 2.24) is 9.55 Å². The number of hydrogen-bond donors (Lipinski definition) is 2. The molecule has 21 heavy (non-hydrogen) atoms. The Morgan fingerprint density at radius 2 is 2.10 bits per heavy atom. The third-order valence-corrected chi connectivity index (χ3v) is 4.19. The summed E-state index contributed by atoms with van der Waals surface area (Å²) >= 11 is 0. The molecule has 6 nitrogen and oxygen atoms in total. The molecule has 0 saturated carbocycles. The van der Waals surface area contributed by atoms with Gasteiger partial charge in [-0.05, 0) is 24.5 Å². The first-order valence-electron chi connectivity index (χ1n) is 6.62. The quantitative estimate of drug-likeness (QED) is 0.888. The van der Waals surface area contributed by atoms with Gasteiger partial charge in [-0.25, -0.2) is 4.98 Å². The summed E-state index contributed by atoms with van der Waals surface area (Å²) in [6, 6.07) is 4.61. The summed E-state index contributed by atoms with van der Waals surface area (Å²) in [4.78, 5) is 3.93. The van der Waals surface area contributed by atoms with Gasteiger partial charge < -0.3 is 9.67 Å². The molecule has 0 saturated heterocycles. The van der Waals surface area contributed by atoms with Crippen LogP contribution in [0.1, 0.15) is 19.4 Å². The second-order valence-corrected chi connectivity index (χ2v) is 7.04. The van der Waals surface area contributed by atoms with Crippen LogP contribution in [0, 0.1) is 12.8 Å². The van der Waals surface area contributed by atoms with Crippen LogP contribution in [-0.4, -0.2) is 23.1 Å². The van der Waals surface area contributed by atoms with Gasteiger partial charge in [0.2, 0.25) is 0 Å². The number of phenols is 1. The first-order valence-corrected chi connectivity index (χ1v) is 8.10. The van der Waals surface area contributed by atoms with Crippen molar-refractivity contribution in [3.63, 3.8) is 0 Å². The molecule has 114 valence electrons. The Hall–Kier alpha value is -2.02. The van der Waals surface area contributed by atoms with Gasteiger partial charge >= 0.3 is 0 Å². The molecular weight excluding hydrogens is 290 g/mol. The van der Waals surface area contributed by atoms with Crippen molar-refractivity contribution in [2.24, 2.45) is 5.92 Å². The molecule has 0 amide bonds. The predicted octanol–water partition coefficient (Wildman–Crippen LogP) is 2.35. The minimum atomic E-state index is -3.75. The van der Waals surface area contributed by atoms with Gasteiger partial charge in [0.1, 0.15) is 5.75 Å². The average Bonchev–Trinajstić information content (AvgIpc) is 2.82. The highest BCUT2D eigenvalue weighted by molar-refractivity contribution is 7.92. The largest absolute Gasteiger partial charge is 0.508 e. The minimum Gasteiger partial charge on any atom is -0.508 e. The van der Waals surface area contributed by atoms with Crippen molar-refractivity contribution in [3.05, 3.63) is 36.3 Å². The number of rotatable bonds is 5. The molecule has 1 heterocycles. The molecule has 0 spiro atoms. The Bertz CT molecular complexity index is 736. The first-order chi connectivity index (χ1) is 9.78. The zero-order valence-corrected chi connectivity index (χ0v) is 13.1. The molecule has 2 rings (SSSR count). The summed E-state index contributed by atoms with van der Waals surface area (Å²) in [6.07, 6.45) is 3.00. The standard InChI is InChI=1S/C14H19N3O3S/c1-10(2)7-17-8-14(15-9-17)21(19,20)16-12-5-4-11(3)13(18)6-12/h4-6,8-10,16,18H,7H2,1-3H3. The van der Waals surface area contributed by atoms with Crippen LogP contribution in [0.5, 0.6) is 5.75 Å². The molecule has 0 atom stereocenters. The molecule has 2 aromatic rings. The van der Waals surface area contributed by atoms with Gasteiger partial charge in [0.05, 0.1) is 12.0 Å². The zero-order valence-electron chi connectivity index (χ0n) is 12.2. The third-order valence-electron chi connectivity index (χ3n) is 2.92. The SMILES string of the molecule is Cc1ccc(NS(=O)(=O)c2cn(CC(C)C)cn2)cc1O. The van der Waals surface area contributed by atoms with E-state index >= 15 is 0 Å². The van der Waals surface area contributed by atoms with E-state index < -0.39 is 10.0 Å². The molecule has 1 aromatic carbocycles. The Kier molecular flexibility index (Phi) is 4.22. The van der Waals surface area contributed by atoms with E-state index in [0.29, 0.717) is 23.7 Å². The Labute approximate surface area is 124 Å². The van der Waals surface area contributed by atoms with Gasteiger partial charge in [0.15, 0.2) is 5.03 Å². The van der Waals surface area contributed by atoms with Crippen LogP contribution in [0.25, 0.3) is 0 Å². The zero-order chi connectivity index (χ0) is 15.6. The number of aromatic nitrogens is 2. The van der Waals surface area contributed by atoms with Crippen LogP contribution in [0.2, 0.25) is 0 Å². The lowest BCUT2D eigenvalue weighted by Crippen LogP contribution is -2.13. The van der Waals surface area contributed by atoms with Gasteiger partial charge in [0.25, 0.3) is 10.0 Å². The van der Waals surface area contributed by atoms with Crippen LogP contribution in [0.4, 0.5) is 5.69 Å². The summed E-state index contributed by atoms with van der Waals surface area (Å²) < 4.78 is 28.6. The molecule has 1 aromatic heterocycles. The van der Waals surface area contributed by atoms with E-state index in [1.165, 1.54) is 18.6 Å². The number of aryl methyl sites for hydroxylation is 1. The smallest absolute Gasteiger partial charge is 0.280 e. The molecular formula is C14H19N3O3S. The Balaban J connectivity index is 2.21. The molecule has 2 N–H and O–H groups in total. The molecule has 0 bridgehead atoms. The lowest BCUT2D eigenvalue weighted by molar-refractivity contribution is 0.471. The fourth-order valence-corrected chi connectivity index (χ4v) is 2.88. The van der Waals surface area contributed by atoms with E-state index in [4.69, 9.17) is 0 Å². The van der Waals surface area contributed by atoms with Crippen molar-refractivity contribution < 1.29 is 13.5 Å². The lowest BCUT2D eigenvalue weighted by Gasteiger charge is -2.07. The second kappa shape index (κ2) is 5.77. The maximum atomic E-state index is 12.2. The fraction of sp³-hybridized carbons (Fsp3) is 0.357. The van der Waals surface area contributed by atoms with Crippen LogP contribution < -0.4 is 4.72 Å². The van der Waals surface area contributed by atoms with E-state index in [1.54, 1.807) is 23.6 Å². The van der Waals surface area contributed by atoms with Crippen LogP contribution in [0.3, 0.4) is 0 Å². The third kappa shape index (κ3) is 3.75. The number of benzene rings is 1. The lowest BCUT2D eigenvalue weighted by atomic mass is 10.2. The van der Waals surface area contributed by atoms with Crippen LogP contribution >= 0.6 is 0 Å². The fourth-order valence-electron chi connectivity index (χ4n) is 1.88. The van der Waals surface area contributed by atoms with E-state index in [1.807, 2.05) is 13.8 Å². The predicted molar refractivity (Wildman–Crippen MR) is 80.7 cm³/mol. The summed E-state index contributed by atoms with van der Waals surface area (Å²) in [7, 11) is -3.75. The van der Waals surface area contributed by atoms with Crippen LogP contribution in [-0.2, 0) is 16.6 Å². The maximum absolute atomic E-state index is 12.2. The summed E-state index contributed by atoms with van der Waals surface area (Å²) in [5.74, 6) is 0.442. The molecule has 0 unspecified atom stereocenters. The highest BCUT2D eigenvalue weighted by Gasteiger charge is 2.18. The second-order valence-electron chi connectivity index (χ2n) is 5.41. The van der Waals surface area contributed by atoms with Crippen molar-refractivity contribution in [1.29, 1.82) is 0 Å². The normalized spacial score (nSPS) is 11.8. The molecule has 0 fully saturated rings. The van der Waals surface area contributed by atoms with Gasteiger partial charge in [-0.1, -0.05) is 19.9 Å². The molecule has 0 aliphatic rings. The van der Waals surface area contributed by atoms with Gasteiger partial charge in [0, 0.05) is 18.8 Å². The number of aromatic hydroxyl groups is 1. The molecule has 0 aliphatic heterocycles. The number of imidazole rings is 1. The molecule has 0 radical (unpaired) electrons. The monoisotopic (exact) mass is 309 g/mol. The van der Waals surface area contributed by atoms with Crippen molar-refractivity contribution >= 4 is 15.7 Å². The van der Waals surface area contributed by atoms with E-state index in [9.17, 15) is 13.5 Å². The highest BCUT2D eigenvalue weighted by atomic mass is 32.2. The molecule has 0 aliphatic carbocycles. The van der Waals surface area contributed by atoms with Crippen molar-refractivity contribution in [3.8, 4) is 5.75 Å². The highest BCUT2D eigenvalue weighted by Crippen LogP contribution is 2.22. The minimum absolute atomic E-state index is 0.0387. The maximum Gasteiger partial charge on any atom is 0.280 e. The summed E-state index contributed by atoms with van der Waals surface area (Å²) in [5.41, 5.74) is 0.982. The topological polar surface area (TPSA) is 84.2 Å². The van der Waals surface area contributed by atoms with Crippen molar-refractivity contribution in [2.45, 2.75) is 32.3 Å². The Morgan fingerprint density at radius 1 is 1.38 bits per heavy atom. The number of phenolic OH excluding ortho intramolecular Hbond substituents is 1. The number of nitrogens with one attached hydrogen (secondary N) is 1. The summed E-state index contributed by atoms with van der Waals surface area (Å²) in [5, 5.41) is 9.58. The van der Waals surface area contributed by atoms with Crippen LogP contribution in [0.15, 0.2) is 35.7 Å². The molecule has 7 heteroatoms. The van der Waals surface area contributed by atoms with E-state index in [-0.39, 0.29) is 10.8 Å². The first kappa shape index (κ1) is 15.4. The van der Waals surface area contributed by atoms with E-state index in [2.05, 4.69) is 9.71 Å². The average molecular weight is 309 g/mol. The number of nitrogens with zero attached hydrogens (tertiary/aromatic N) is 2. The van der Waals surface area contributed by atoms with E-state index in [0.717, 1.165) is 0 Å². The number of anilines is 1. The summed E-state index contributed by atoms with van der Waals surface area (Å²) in [6.45, 7) is 6.53.